The molecule has 1 aromatic carbocycles. The molecule has 94 valence electrons. The Balaban J connectivity index is 2.02. The zero-order chi connectivity index (χ0) is 12.3. The van der Waals surface area contributed by atoms with Crippen LogP contribution in [-0.2, 0) is 6.54 Å². The Bertz CT molecular complexity index is 384. The minimum Gasteiger partial charge on any atom is -0.398 e. The Hall–Kier alpha value is -0.770. The van der Waals surface area contributed by atoms with Gasteiger partial charge in [-0.25, -0.2) is 0 Å². The van der Waals surface area contributed by atoms with Crippen LogP contribution < -0.4 is 5.73 Å². The van der Waals surface area contributed by atoms with E-state index >= 15 is 0 Å². The zero-order valence-electron chi connectivity index (χ0n) is 9.90. The maximum Gasteiger partial charge on any atom is 0.0471 e. The zero-order valence-corrected chi connectivity index (χ0v) is 10.7. The molecule has 4 heteroatoms. The molecule has 17 heavy (non-hydrogen) atoms. The molecule has 0 bridgehead atoms. The maximum atomic E-state index is 9.20. The largest absolute Gasteiger partial charge is 0.398 e. The van der Waals surface area contributed by atoms with E-state index in [0.717, 1.165) is 48.7 Å². The lowest BCUT2D eigenvalue weighted by Crippen LogP contribution is -2.36. The van der Waals surface area contributed by atoms with Gasteiger partial charge in [0.15, 0.2) is 0 Å². The van der Waals surface area contributed by atoms with E-state index in [0.29, 0.717) is 5.92 Å². The van der Waals surface area contributed by atoms with Crippen LogP contribution >= 0.6 is 11.6 Å². The van der Waals surface area contributed by atoms with E-state index in [4.69, 9.17) is 17.3 Å². The van der Waals surface area contributed by atoms with Crippen molar-refractivity contribution in [1.29, 1.82) is 0 Å². The smallest absolute Gasteiger partial charge is 0.0471 e. The van der Waals surface area contributed by atoms with Gasteiger partial charge in [0, 0.05) is 30.4 Å². The third kappa shape index (κ3) is 3.35. The lowest BCUT2D eigenvalue weighted by Gasteiger charge is -2.32. The minimum atomic E-state index is 0.279. The molecule has 1 saturated heterocycles. The van der Waals surface area contributed by atoms with Gasteiger partial charge in [0.25, 0.3) is 0 Å². The fourth-order valence-corrected chi connectivity index (χ4v) is 2.59. The van der Waals surface area contributed by atoms with Crippen molar-refractivity contribution in [2.24, 2.45) is 5.92 Å². The number of anilines is 1. The van der Waals surface area contributed by atoms with E-state index in [1.807, 2.05) is 18.2 Å². The molecule has 3 nitrogen and oxygen atoms in total. The number of benzene rings is 1. The van der Waals surface area contributed by atoms with E-state index < -0.39 is 0 Å². The highest BCUT2D eigenvalue weighted by molar-refractivity contribution is 6.30. The van der Waals surface area contributed by atoms with E-state index in [-0.39, 0.29) is 6.61 Å². The van der Waals surface area contributed by atoms with Crippen LogP contribution in [-0.4, -0.2) is 29.7 Å². The molecular weight excluding hydrogens is 236 g/mol. The summed E-state index contributed by atoms with van der Waals surface area (Å²) in [6.45, 7) is 3.12. The number of likely N-dealkylation sites (tertiary alicyclic amines) is 1. The van der Waals surface area contributed by atoms with Crippen molar-refractivity contribution in [3.8, 4) is 0 Å². The third-order valence-corrected chi connectivity index (χ3v) is 3.60. The van der Waals surface area contributed by atoms with Crippen molar-refractivity contribution >= 4 is 17.3 Å². The predicted octanol–water partition coefficient (Wildman–Crippen LogP) is 2.13. The Morgan fingerprint density at radius 2 is 2.29 bits per heavy atom. The maximum absolute atomic E-state index is 9.20. The number of piperidine rings is 1. The first-order valence-corrected chi connectivity index (χ1v) is 6.44. The molecule has 1 aromatic rings. The first-order chi connectivity index (χ1) is 8.19. The SMILES string of the molecule is Nc1ccc(Cl)cc1CN1CCCC(CO)C1. The molecule has 2 rings (SSSR count). The molecule has 1 unspecified atom stereocenters. The van der Waals surface area contributed by atoms with Gasteiger partial charge in [-0.2, -0.15) is 0 Å². The summed E-state index contributed by atoms with van der Waals surface area (Å²) in [6.07, 6.45) is 2.27. The van der Waals surface area contributed by atoms with Gasteiger partial charge in [-0.05, 0) is 49.1 Å². The van der Waals surface area contributed by atoms with E-state index in [1.54, 1.807) is 0 Å². The molecule has 0 aromatic heterocycles. The number of hydrogen-bond acceptors (Lipinski definition) is 3. The normalized spacial score (nSPS) is 21.6. The number of rotatable bonds is 3. The van der Waals surface area contributed by atoms with E-state index in [2.05, 4.69) is 4.90 Å². The lowest BCUT2D eigenvalue weighted by molar-refractivity contribution is 0.116. The first-order valence-electron chi connectivity index (χ1n) is 6.06. The number of halogens is 1. The van der Waals surface area contributed by atoms with Crippen LogP contribution in [0.4, 0.5) is 5.69 Å². The number of nitrogen functional groups attached to an aromatic ring is 1. The van der Waals surface area contributed by atoms with Gasteiger partial charge < -0.3 is 10.8 Å². The van der Waals surface area contributed by atoms with E-state index in [1.165, 1.54) is 0 Å². The molecule has 3 N–H and O–H groups in total. The quantitative estimate of drug-likeness (QED) is 0.813. The summed E-state index contributed by atoms with van der Waals surface area (Å²) in [7, 11) is 0. The third-order valence-electron chi connectivity index (χ3n) is 3.36. The van der Waals surface area contributed by atoms with Crippen LogP contribution in [0.5, 0.6) is 0 Å². The number of aliphatic hydroxyl groups excluding tert-OH is 1. The van der Waals surface area contributed by atoms with Gasteiger partial charge in [-0.1, -0.05) is 11.6 Å². The highest BCUT2D eigenvalue weighted by atomic mass is 35.5. The van der Waals surface area contributed by atoms with Crippen LogP contribution in [0.25, 0.3) is 0 Å². The van der Waals surface area contributed by atoms with Gasteiger partial charge in [0.05, 0.1) is 0 Å². The van der Waals surface area contributed by atoms with Crippen molar-refractivity contribution < 1.29 is 5.11 Å². The summed E-state index contributed by atoms with van der Waals surface area (Å²) < 4.78 is 0. The Morgan fingerprint density at radius 3 is 3.06 bits per heavy atom. The van der Waals surface area contributed by atoms with Crippen molar-refractivity contribution in [1.82, 2.24) is 4.90 Å². The molecule has 1 atom stereocenters. The van der Waals surface area contributed by atoms with Crippen LogP contribution in [0.2, 0.25) is 5.02 Å². The Labute approximate surface area is 107 Å². The van der Waals surface area contributed by atoms with Crippen molar-refractivity contribution in [3.63, 3.8) is 0 Å². The van der Waals surface area contributed by atoms with Crippen molar-refractivity contribution in [3.05, 3.63) is 28.8 Å². The molecule has 0 amide bonds. The number of aliphatic hydroxyl groups is 1. The standard InChI is InChI=1S/C13H19ClN2O/c14-12-3-4-13(15)11(6-12)8-16-5-1-2-10(7-16)9-17/h3-4,6,10,17H,1-2,5,7-9,15H2. The monoisotopic (exact) mass is 254 g/mol. The van der Waals surface area contributed by atoms with Crippen molar-refractivity contribution in [2.45, 2.75) is 19.4 Å². The average Bonchev–Trinajstić information content (AvgIpc) is 2.34. The predicted molar refractivity (Wildman–Crippen MR) is 71.0 cm³/mol. The highest BCUT2D eigenvalue weighted by Gasteiger charge is 2.19. The summed E-state index contributed by atoms with van der Waals surface area (Å²) >= 11 is 5.98. The van der Waals surface area contributed by atoms with Gasteiger partial charge in [-0.15, -0.1) is 0 Å². The van der Waals surface area contributed by atoms with Gasteiger partial charge >= 0.3 is 0 Å². The molecular formula is C13H19ClN2O. The molecule has 1 heterocycles. The minimum absolute atomic E-state index is 0.279. The lowest BCUT2D eigenvalue weighted by atomic mass is 9.98. The summed E-state index contributed by atoms with van der Waals surface area (Å²) in [5.74, 6) is 0.407. The Kier molecular flexibility index (Phi) is 4.26. The van der Waals surface area contributed by atoms with Crippen LogP contribution in [0.3, 0.4) is 0 Å². The van der Waals surface area contributed by atoms with Crippen LogP contribution in [0.1, 0.15) is 18.4 Å². The molecule has 1 aliphatic rings. The molecule has 1 aliphatic heterocycles. The van der Waals surface area contributed by atoms with Gasteiger partial charge in [-0.3, -0.25) is 4.90 Å². The summed E-state index contributed by atoms with van der Waals surface area (Å²) in [5, 5.41) is 9.93. The van der Waals surface area contributed by atoms with Gasteiger partial charge in [0.1, 0.15) is 0 Å². The number of nitrogens with zero attached hydrogens (tertiary/aromatic N) is 1. The Morgan fingerprint density at radius 1 is 1.47 bits per heavy atom. The average molecular weight is 255 g/mol. The fraction of sp³-hybridized carbons (Fsp3) is 0.538. The fourth-order valence-electron chi connectivity index (χ4n) is 2.40. The second-order valence-corrected chi connectivity index (χ2v) is 5.21. The number of hydrogen-bond donors (Lipinski definition) is 2. The summed E-state index contributed by atoms with van der Waals surface area (Å²) in [5.41, 5.74) is 7.81. The van der Waals surface area contributed by atoms with E-state index in [9.17, 15) is 5.11 Å². The number of nitrogens with two attached hydrogens (primary N) is 1. The molecule has 1 fully saturated rings. The van der Waals surface area contributed by atoms with Crippen molar-refractivity contribution in [2.75, 3.05) is 25.4 Å². The van der Waals surface area contributed by atoms with Gasteiger partial charge in [0.2, 0.25) is 0 Å². The summed E-state index contributed by atoms with van der Waals surface area (Å²) in [6, 6.07) is 5.59. The molecule has 0 saturated carbocycles. The topological polar surface area (TPSA) is 49.5 Å². The summed E-state index contributed by atoms with van der Waals surface area (Å²) in [4.78, 5) is 2.34. The van der Waals surface area contributed by atoms with Crippen LogP contribution in [0, 0.1) is 5.92 Å². The molecule has 0 spiro atoms. The molecule has 0 radical (unpaired) electrons. The highest BCUT2D eigenvalue weighted by Crippen LogP contribution is 2.23. The van der Waals surface area contributed by atoms with Crippen LogP contribution in [0.15, 0.2) is 18.2 Å². The molecule has 0 aliphatic carbocycles. The second-order valence-electron chi connectivity index (χ2n) is 4.77. The second kappa shape index (κ2) is 5.71. The first kappa shape index (κ1) is 12.7.